The third-order valence-corrected chi connectivity index (χ3v) is 5.48. The number of nitrogens with zero attached hydrogens (tertiary/aromatic N) is 2. The first-order valence-corrected chi connectivity index (χ1v) is 10.1. The van der Waals surface area contributed by atoms with Crippen LogP contribution in [0.2, 0.25) is 5.02 Å². The van der Waals surface area contributed by atoms with Crippen molar-refractivity contribution in [1.82, 2.24) is 10.2 Å². The van der Waals surface area contributed by atoms with E-state index in [1.165, 1.54) is 12.1 Å². The molecule has 2 aromatic carbocycles. The second kappa shape index (κ2) is 8.37. The maximum absolute atomic E-state index is 12.7. The molecule has 0 saturated carbocycles. The molecule has 1 aliphatic heterocycles. The van der Waals surface area contributed by atoms with Crippen LogP contribution < -0.4 is 5.32 Å². The molecule has 156 valence electrons. The van der Waals surface area contributed by atoms with Crippen molar-refractivity contribution in [1.29, 1.82) is 0 Å². The van der Waals surface area contributed by atoms with Crippen molar-refractivity contribution in [3.05, 3.63) is 91.2 Å². The number of imide groups is 1. The van der Waals surface area contributed by atoms with Crippen molar-refractivity contribution >= 4 is 51.2 Å². The maximum atomic E-state index is 12.7. The van der Waals surface area contributed by atoms with Crippen LogP contribution in [0.4, 0.5) is 10.5 Å². The van der Waals surface area contributed by atoms with Gasteiger partial charge in [-0.2, -0.15) is 0 Å². The molecule has 10 heteroatoms. The number of urea groups is 1. The standard InChI is InChI=1S/C21H13BrClN3O5/c22-16-7-3-13(9-18(16)26(29)30)19-8-6-15(31-19)10-17-20(27)25(21(28)24-17)11-12-1-4-14(23)5-2-12/h1-10H,11H2,(H,24,28)/b17-10+. The van der Waals surface area contributed by atoms with Gasteiger partial charge in [0.05, 0.1) is 15.9 Å². The summed E-state index contributed by atoms with van der Waals surface area (Å²) in [5.74, 6) is 0.215. The van der Waals surface area contributed by atoms with E-state index in [0.29, 0.717) is 26.6 Å². The van der Waals surface area contributed by atoms with Gasteiger partial charge >= 0.3 is 6.03 Å². The van der Waals surface area contributed by atoms with E-state index in [2.05, 4.69) is 21.2 Å². The number of nitrogens with one attached hydrogen (secondary N) is 1. The number of hydrogen-bond donors (Lipinski definition) is 1. The van der Waals surface area contributed by atoms with Crippen LogP contribution in [0, 0.1) is 10.1 Å². The molecule has 1 saturated heterocycles. The summed E-state index contributed by atoms with van der Waals surface area (Å²) in [5, 5.41) is 14.2. The zero-order chi connectivity index (χ0) is 22.1. The molecule has 0 atom stereocenters. The molecule has 0 radical (unpaired) electrons. The lowest BCUT2D eigenvalue weighted by Gasteiger charge is -2.11. The molecule has 31 heavy (non-hydrogen) atoms. The highest BCUT2D eigenvalue weighted by molar-refractivity contribution is 9.10. The van der Waals surface area contributed by atoms with Crippen molar-refractivity contribution in [3.8, 4) is 11.3 Å². The molecule has 1 fully saturated rings. The second-order valence-corrected chi connectivity index (χ2v) is 7.92. The van der Waals surface area contributed by atoms with E-state index in [1.807, 2.05) is 0 Å². The molecule has 3 amide bonds. The summed E-state index contributed by atoms with van der Waals surface area (Å²) in [7, 11) is 0. The van der Waals surface area contributed by atoms with Crippen LogP contribution in [0.5, 0.6) is 0 Å². The summed E-state index contributed by atoms with van der Waals surface area (Å²) in [6.07, 6.45) is 1.42. The predicted molar refractivity (Wildman–Crippen MR) is 117 cm³/mol. The van der Waals surface area contributed by atoms with E-state index in [1.54, 1.807) is 48.5 Å². The number of rotatable bonds is 5. The van der Waals surface area contributed by atoms with Crippen LogP contribution in [0.15, 0.2) is 69.2 Å². The lowest BCUT2D eigenvalue weighted by Crippen LogP contribution is -2.30. The van der Waals surface area contributed by atoms with E-state index in [4.69, 9.17) is 16.0 Å². The first-order valence-electron chi connectivity index (χ1n) is 8.95. The molecule has 8 nitrogen and oxygen atoms in total. The number of halogens is 2. The number of nitro groups is 1. The highest BCUT2D eigenvalue weighted by atomic mass is 79.9. The van der Waals surface area contributed by atoms with Crippen LogP contribution in [-0.4, -0.2) is 21.8 Å². The van der Waals surface area contributed by atoms with Gasteiger partial charge in [0.1, 0.15) is 17.2 Å². The number of carbonyl (C=O) groups excluding carboxylic acids is 2. The Labute approximate surface area is 189 Å². The fourth-order valence-electron chi connectivity index (χ4n) is 3.02. The Kier molecular flexibility index (Phi) is 5.62. The summed E-state index contributed by atoms with van der Waals surface area (Å²) in [4.78, 5) is 36.6. The molecule has 0 aliphatic carbocycles. The van der Waals surface area contributed by atoms with Crippen LogP contribution in [0.3, 0.4) is 0 Å². The average Bonchev–Trinajstić information content (AvgIpc) is 3.30. The van der Waals surface area contributed by atoms with Crippen molar-refractivity contribution in [3.63, 3.8) is 0 Å². The van der Waals surface area contributed by atoms with Crippen molar-refractivity contribution < 1.29 is 18.9 Å². The van der Waals surface area contributed by atoms with Crippen LogP contribution in [0.1, 0.15) is 11.3 Å². The molecule has 1 N–H and O–H groups in total. The lowest BCUT2D eigenvalue weighted by molar-refractivity contribution is -0.385. The Hall–Kier alpha value is -3.43. The third-order valence-electron chi connectivity index (χ3n) is 4.56. The van der Waals surface area contributed by atoms with Crippen LogP contribution >= 0.6 is 27.5 Å². The summed E-state index contributed by atoms with van der Waals surface area (Å²) >= 11 is 9.00. The van der Waals surface area contributed by atoms with Crippen molar-refractivity contribution in [2.75, 3.05) is 0 Å². The first kappa shape index (κ1) is 20.8. The van der Waals surface area contributed by atoms with E-state index >= 15 is 0 Å². The Balaban J connectivity index is 1.55. The van der Waals surface area contributed by atoms with Gasteiger partial charge in [-0.05, 0) is 57.9 Å². The fraction of sp³-hybridized carbons (Fsp3) is 0.0476. The average molecular weight is 503 g/mol. The number of nitro benzene ring substituents is 1. The highest BCUT2D eigenvalue weighted by Gasteiger charge is 2.33. The van der Waals surface area contributed by atoms with Gasteiger partial charge in [0.25, 0.3) is 11.6 Å². The number of furan rings is 1. The molecule has 4 rings (SSSR count). The Morgan fingerprint density at radius 3 is 2.58 bits per heavy atom. The van der Waals surface area contributed by atoms with E-state index in [-0.39, 0.29) is 17.9 Å². The van der Waals surface area contributed by atoms with Gasteiger partial charge in [-0.25, -0.2) is 4.79 Å². The Morgan fingerprint density at radius 2 is 1.87 bits per heavy atom. The second-order valence-electron chi connectivity index (χ2n) is 6.63. The number of carbonyl (C=O) groups is 2. The number of amides is 3. The van der Waals surface area contributed by atoms with Gasteiger partial charge in [-0.3, -0.25) is 19.8 Å². The van der Waals surface area contributed by atoms with Gasteiger partial charge in [0.2, 0.25) is 0 Å². The Bertz CT molecular complexity index is 1240. The molecule has 0 spiro atoms. The zero-order valence-corrected chi connectivity index (χ0v) is 18.0. The lowest BCUT2D eigenvalue weighted by atomic mass is 10.1. The summed E-state index contributed by atoms with van der Waals surface area (Å²) in [6, 6.07) is 14.2. The van der Waals surface area contributed by atoms with Crippen LogP contribution in [0.25, 0.3) is 17.4 Å². The summed E-state index contributed by atoms with van der Waals surface area (Å²) in [5.41, 5.74) is 1.24. The minimum atomic E-state index is -0.540. The number of hydrogen-bond acceptors (Lipinski definition) is 5. The fourth-order valence-corrected chi connectivity index (χ4v) is 3.54. The van der Waals surface area contributed by atoms with Crippen molar-refractivity contribution in [2.24, 2.45) is 0 Å². The highest BCUT2D eigenvalue weighted by Crippen LogP contribution is 2.32. The molecule has 2 heterocycles. The van der Waals surface area contributed by atoms with Crippen LogP contribution in [-0.2, 0) is 11.3 Å². The molecular formula is C21H13BrClN3O5. The number of benzene rings is 2. The monoisotopic (exact) mass is 501 g/mol. The molecule has 1 aliphatic rings. The van der Waals surface area contributed by atoms with Gasteiger partial charge in [0, 0.05) is 22.7 Å². The van der Waals surface area contributed by atoms with E-state index in [9.17, 15) is 19.7 Å². The normalized spacial score (nSPS) is 14.9. The maximum Gasteiger partial charge on any atom is 0.329 e. The predicted octanol–water partition coefficient (Wildman–Crippen LogP) is 5.36. The van der Waals surface area contributed by atoms with Gasteiger partial charge in [0.15, 0.2) is 0 Å². The molecule has 0 bridgehead atoms. The largest absolute Gasteiger partial charge is 0.457 e. The SMILES string of the molecule is O=C1N/C(=C/c2ccc(-c3ccc(Br)c([N+](=O)[O-])c3)o2)C(=O)N1Cc1ccc(Cl)cc1. The van der Waals surface area contributed by atoms with E-state index < -0.39 is 16.9 Å². The van der Waals surface area contributed by atoms with Crippen molar-refractivity contribution in [2.45, 2.75) is 6.54 Å². The molecule has 1 aromatic heterocycles. The van der Waals surface area contributed by atoms with Gasteiger partial charge in [-0.1, -0.05) is 23.7 Å². The molecule has 3 aromatic rings. The minimum absolute atomic E-state index is 0.0710. The summed E-state index contributed by atoms with van der Waals surface area (Å²) in [6.45, 7) is 0.102. The third kappa shape index (κ3) is 4.37. The topological polar surface area (TPSA) is 106 Å². The minimum Gasteiger partial charge on any atom is -0.457 e. The quantitative estimate of drug-likeness (QED) is 0.219. The summed E-state index contributed by atoms with van der Waals surface area (Å²) < 4.78 is 6.06. The van der Waals surface area contributed by atoms with E-state index in [0.717, 1.165) is 10.5 Å². The van der Waals surface area contributed by atoms with Gasteiger partial charge in [-0.15, -0.1) is 0 Å². The Morgan fingerprint density at radius 1 is 1.13 bits per heavy atom. The molecule has 0 unspecified atom stereocenters. The first-order chi connectivity index (χ1) is 14.8. The zero-order valence-electron chi connectivity index (χ0n) is 15.7. The molecular weight excluding hydrogens is 490 g/mol. The van der Waals surface area contributed by atoms with Gasteiger partial charge < -0.3 is 9.73 Å². The smallest absolute Gasteiger partial charge is 0.329 e.